The molecular formula is C14H12O2S. The van der Waals surface area contributed by atoms with Crippen LogP contribution in [-0.4, -0.2) is 16.2 Å². The van der Waals surface area contributed by atoms with Crippen LogP contribution in [-0.2, 0) is 10.8 Å². The lowest BCUT2D eigenvalue weighted by atomic mass is 10.0. The Kier molecular flexibility index (Phi) is 3.49. The van der Waals surface area contributed by atoms with Crippen LogP contribution in [0, 0.1) is 0 Å². The Morgan fingerprint density at radius 2 is 1.41 bits per heavy atom. The third-order valence-electron chi connectivity index (χ3n) is 2.48. The van der Waals surface area contributed by atoms with Crippen LogP contribution in [0.1, 0.15) is 15.9 Å². The fourth-order valence-electron chi connectivity index (χ4n) is 1.55. The van der Waals surface area contributed by atoms with Gasteiger partial charge in [0, 0.05) is 33.1 Å². The molecule has 3 heteroatoms. The molecule has 0 saturated carbocycles. The van der Waals surface area contributed by atoms with E-state index in [1.54, 1.807) is 42.7 Å². The van der Waals surface area contributed by atoms with Gasteiger partial charge in [-0.05, 0) is 24.3 Å². The van der Waals surface area contributed by atoms with Gasteiger partial charge in [-0.25, -0.2) is 0 Å². The third kappa shape index (κ3) is 2.68. The molecule has 2 nitrogen and oxygen atoms in total. The summed E-state index contributed by atoms with van der Waals surface area (Å²) >= 11 is 0. The molecule has 0 amide bonds. The molecule has 0 N–H and O–H groups in total. The van der Waals surface area contributed by atoms with Gasteiger partial charge in [0.25, 0.3) is 0 Å². The monoisotopic (exact) mass is 244 g/mol. The number of carbonyl (C=O) groups is 1. The summed E-state index contributed by atoms with van der Waals surface area (Å²) in [5.74, 6) is -0.0148. The zero-order valence-corrected chi connectivity index (χ0v) is 10.2. The fourth-order valence-corrected chi connectivity index (χ4v) is 2.07. The summed E-state index contributed by atoms with van der Waals surface area (Å²) in [4.78, 5) is 12.8. The molecule has 2 aromatic carbocycles. The van der Waals surface area contributed by atoms with Gasteiger partial charge in [0.2, 0.25) is 0 Å². The van der Waals surface area contributed by atoms with Gasteiger partial charge in [-0.1, -0.05) is 30.3 Å². The van der Waals surface area contributed by atoms with Crippen LogP contribution in [0.4, 0.5) is 0 Å². The molecule has 0 aromatic heterocycles. The largest absolute Gasteiger partial charge is 0.289 e. The first-order valence-electron chi connectivity index (χ1n) is 5.22. The SMILES string of the molecule is C[S@@](=O)c1ccc(C(=O)c2ccccc2)cc1. The zero-order valence-electron chi connectivity index (χ0n) is 9.42. The molecule has 0 heterocycles. The van der Waals surface area contributed by atoms with Crippen LogP contribution in [0.15, 0.2) is 59.5 Å². The van der Waals surface area contributed by atoms with Crippen LogP contribution in [0.25, 0.3) is 0 Å². The summed E-state index contributed by atoms with van der Waals surface area (Å²) in [6.45, 7) is 0. The standard InChI is InChI=1S/C14H12O2S/c1-17(16)13-9-7-12(8-10-13)14(15)11-5-3-2-4-6-11/h2-10H,1H3/t17-/m1/s1. The van der Waals surface area contributed by atoms with Crippen molar-refractivity contribution in [3.63, 3.8) is 0 Å². The van der Waals surface area contributed by atoms with Crippen molar-refractivity contribution in [3.8, 4) is 0 Å². The molecule has 0 saturated heterocycles. The lowest BCUT2D eigenvalue weighted by Gasteiger charge is -2.02. The molecule has 0 aliphatic heterocycles. The third-order valence-corrected chi connectivity index (χ3v) is 3.42. The highest BCUT2D eigenvalue weighted by atomic mass is 32.2. The first-order valence-corrected chi connectivity index (χ1v) is 6.77. The van der Waals surface area contributed by atoms with Crippen LogP contribution < -0.4 is 0 Å². The van der Waals surface area contributed by atoms with E-state index in [4.69, 9.17) is 0 Å². The maximum Gasteiger partial charge on any atom is 0.193 e. The second kappa shape index (κ2) is 5.06. The summed E-state index contributed by atoms with van der Waals surface area (Å²) in [6, 6.07) is 16.0. The van der Waals surface area contributed by atoms with Crippen LogP contribution >= 0.6 is 0 Å². The van der Waals surface area contributed by atoms with Gasteiger partial charge in [-0.2, -0.15) is 0 Å². The van der Waals surface area contributed by atoms with Gasteiger partial charge in [0.15, 0.2) is 5.78 Å². The van der Waals surface area contributed by atoms with E-state index in [2.05, 4.69) is 0 Å². The average Bonchev–Trinajstić information content (AvgIpc) is 2.39. The molecule has 0 unspecified atom stereocenters. The average molecular weight is 244 g/mol. The highest BCUT2D eigenvalue weighted by molar-refractivity contribution is 7.84. The van der Waals surface area contributed by atoms with Crippen molar-refractivity contribution < 1.29 is 9.00 Å². The molecule has 0 spiro atoms. The lowest BCUT2D eigenvalue weighted by Crippen LogP contribution is -2.01. The molecule has 1 atom stereocenters. The molecule has 0 radical (unpaired) electrons. The van der Waals surface area contributed by atoms with E-state index in [9.17, 15) is 9.00 Å². The van der Waals surface area contributed by atoms with Crippen LogP contribution in [0.5, 0.6) is 0 Å². The smallest absolute Gasteiger partial charge is 0.193 e. The summed E-state index contributed by atoms with van der Waals surface area (Å²) in [6.07, 6.45) is 1.62. The molecule has 0 aliphatic carbocycles. The molecule has 2 aromatic rings. The summed E-state index contributed by atoms with van der Waals surface area (Å²) in [5.41, 5.74) is 1.28. The zero-order chi connectivity index (χ0) is 12.3. The quantitative estimate of drug-likeness (QED) is 0.778. The maximum atomic E-state index is 12.1. The van der Waals surface area contributed by atoms with E-state index in [1.807, 2.05) is 18.2 Å². The van der Waals surface area contributed by atoms with Gasteiger partial charge in [-0.15, -0.1) is 0 Å². The van der Waals surface area contributed by atoms with E-state index in [-0.39, 0.29) is 5.78 Å². The number of ketones is 1. The van der Waals surface area contributed by atoms with Crippen molar-refractivity contribution in [3.05, 3.63) is 65.7 Å². The molecule has 0 aliphatic rings. The van der Waals surface area contributed by atoms with Crippen LogP contribution in [0.3, 0.4) is 0 Å². The lowest BCUT2D eigenvalue weighted by molar-refractivity contribution is 0.103. The number of benzene rings is 2. The molecule has 0 fully saturated rings. The van der Waals surface area contributed by atoms with E-state index < -0.39 is 10.8 Å². The Morgan fingerprint density at radius 3 is 1.94 bits per heavy atom. The molecule has 86 valence electrons. The second-order valence-corrected chi connectivity index (χ2v) is 5.05. The Hall–Kier alpha value is -1.74. The molecular weight excluding hydrogens is 232 g/mol. The van der Waals surface area contributed by atoms with Gasteiger partial charge in [-0.3, -0.25) is 9.00 Å². The number of rotatable bonds is 3. The minimum Gasteiger partial charge on any atom is -0.289 e. The predicted molar refractivity (Wildman–Crippen MR) is 68.6 cm³/mol. The van der Waals surface area contributed by atoms with Crippen molar-refractivity contribution in [2.45, 2.75) is 4.90 Å². The highest BCUT2D eigenvalue weighted by Crippen LogP contribution is 2.12. The first-order chi connectivity index (χ1) is 8.18. The summed E-state index contributed by atoms with van der Waals surface area (Å²) in [7, 11) is -1.01. The Bertz CT molecular complexity index is 544. The van der Waals surface area contributed by atoms with Crippen molar-refractivity contribution >= 4 is 16.6 Å². The number of hydrogen-bond acceptors (Lipinski definition) is 2. The van der Waals surface area contributed by atoms with Gasteiger partial charge < -0.3 is 0 Å². The highest BCUT2D eigenvalue weighted by Gasteiger charge is 2.08. The fraction of sp³-hybridized carbons (Fsp3) is 0.0714. The first kappa shape index (κ1) is 11.7. The van der Waals surface area contributed by atoms with E-state index >= 15 is 0 Å². The maximum absolute atomic E-state index is 12.1. The summed E-state index contributed by atoms with van der Waals surface area (Å²) < 4.78 is 11.2. The van der Waals surface area contributed by atoms with Crippen molar-refractivity contribution in [1.29, 1.82) is 0 Å². The van der Waals surface area contributed by atoms with E-state index in [0.29, 0.717) is 11.1 Å². The van der Waals surface area contributed by atoms with Gasteiger partial charge >= 0.3 is 0 Å². The van der Waals surface area contributed by atoms with Crippen molar-refractivity contribution in [2.24, 2.45) is 0 Å². The molecule has 0 bridgehead atoms. The topological polar surface area (TPSA) is 34.1 Å². The minimum absolute atomic E-state index is 0.0148. The summed E-state index contributed by atoms with van der Waals surface area (Å²) in [5, 5.41) is 0. The Morgan fingerprint density at radius 1 is 0.882 bits per heavy atom. The number of carbonyl (C=O) groups excluding carboxylic acids is 1. The van der Waals surface area contributed by atoms with E-state index in [1.165, 1.54) is 0 Å². The molecule has 2 rings (SSSR count). The van der Waals surface area contributed by atoms with Gasteiger partial charge in [0.1, 0.15) is 0 Å². The van der Waals surface area contributed by atoms with Crippen LogP contribution in [0.2, 0.25) is 0 Å². The van der Waals surface area contributed by atoms with Crippen molar-refractivity contribution in [2.75, 3.05) is 6.26 Å². The van der Waals surface area contributed by atoms with Gasteiger partial charge in [0.05, 0.1) is 0 Å². The van der Waals surface area contributed by atoms with E-state index in [0.717, 1.165) is 4.90 Å². The minimum atomic E-state index is -1.01. The Labute approximate surface area is 103 Å². The predicted octanol–water partition coefficient (Wildman–Crippen LogP) is 2.66. The number of hydrogen-bond donors (Lipinski definition) is 0. The normalized spacial score (nSPS) is 12.1. The Balaban J connectivity index is 2.30. The second-order valence-electron chi connectivity index (χ2n) is 3.67. The molecule has 17 heavy (non-hydrogen) atoms. The van der Waals surface area contributed by atoms with Crippen molar-refractivity contribution in [1.82, 2.24) is 0 Å².